The number of hydrogen-bond donors (Lipinski definition) is 4. The predicted molar refractivity (Wildman–Crippen MR) is 140 cm³/mol. The van der Waals surface area contributed by atoms with Crippen molar-refractivity contribution in [2.45, 2.75) is 31.7 Å². The smallest absolute Gasteiger partial charge is 0.269 e. The lowest BCUT2D eigenvalue weighted by atomic mass is 10.2. The number of carbonyl (C=O) groups is 2. The second kappa shape index (κ2) is 11.1. The van der Waals surface area contributed by atoms with Gasteiger partial charge in [0.05, 0.1) is 31.2 Å². The van der Waals surface area contributed by atoms with Gasteiger partial charge in [-0.2, -0.15) is 0 Å². The molecule has 3 aromatic heterocycles. The summed E-state index contributed by atoms with van der Waals surface area (Å²) in [5.74, 6) is -1.22. The number of sulfonamides is 1. The minimum absolute atomic E-state index is 0.0311. The molecule has 38 heavy (non-hydrogen) atoms. The fraction of sp³-hybridized carbons (Fsp3) is 0.208. The largest absolute Gasteiger partial charge is 0.495 e. The molecule has 0 saturated heterocycles. The molecule has 1 aromatic carbocycles. The van der Waals surface area contributed by atoms with Gasteiger partial charge in [-0.3, -0.25) is 30.2 Å². The Kier molecular flexibility index (Phi) is 7.85. The highest BCUT2D eigenvalue weighted by molar-refractivity contribution is 7.89. The van der Waals surface area contributed by atoms with E-state index in [-0.39, 0.29) is 40.6 Å². The van der Waals surface area contributed by atoms with Gasteiger partial charge in [0.1, 0.15) is 21.3 Å². The van der Waals surface area contributed by atoms with Crippen LogP contribution >= 0.6 is 11.3 Å². The Morgan fingerprint density at radius 3 is 2.63 bits per heavy atom. The molecule has 12 nitrogen and oxygen atoms in total. The second-order valence-corrected chi connectivity index (χ2v) is 11.1. The Hall–Kier alpha value is -4.14. The van der Waals surface area contributed by atoms with Gasteiger partial charge in [-0.1, -0.05) is 6.07 Å². The maximum atomic E-state index is 12.9. The van der Waals surface area contributed by atoms with E-state index in [4.69, 9.17) is 4.74 Å². The van der Waals surface area contributed by atoms with Crippen LogP contribution in [0, 0.1) is 13.8 Å². The van der Waals surface area contributed by atoms with Crippen LogP contribution in [0.5, 0.6) is 5.75 Å². The highest BCUT2D eigenvalue weighted by Gasteiger charge is 2.22. The number of benzene rings is 1. The first-order chi connectivity index (χ1) is 18.1. The van der Waals surface area contributed by atoms with Crippen LogP contribution in [0.4, 0.5) is 0 Å². The molecule has 0 saturated carbocycles. The molecular weight excluding hydrogens is 532 g/mol. The summed E-state index contributed by atoms with van der Waals surface area (Å²) in [7, 11) is -2.77. The number of nitrogens with one attached hydrogen (secondary N) is 4. The molecule has 3 heterocycles. The number of nitrogens with zero attached hydrogens (tertiary/aromatic N) is 2. The lowest BCUT2D eigenvalue weighted by Gasteiger charge is -2.13. The number of fused-ring (bicyclic) bond motifs is 1. The minimum atomic E-state index is -4.08. The molecule has 0 fully saturated rings. The van der Waals surface area contributed by atoms with E-state index in [9.17, 15) is 22.8 Å². The average Bonchev–Trinajstić information content (AvgIpc) is 3.19. The molecule has 0 radical (unpaired) electrons. The molecule has 0 aliphatic rings. The lowest BCUT2D eigenvalue weighted by Crippen LogP contribution is -2.42. The van der Waals surface area contributed by atoms with Crippen LogP contribution in [0.25, 0.3) is 10.2 Å². The van der Waals surface area contributed by atoms with Crippen LogP contribution in [0.2, 0.25) is 0 Å². The fourth-order valence-electron chi connectivity index (χ4n) is 3.56. The molecule has 4 rings (SSSR count). The summed E-state index contributed by atoms with van der Waals surface area (Å²) in [6.07, 6.45) is 1.25. The topological polar surface area (TPSA) is 172 Å². The number of thiophene rings is 1. The number of methoxy groups -OCH3 is 1. The standard InChI is InChI=1S/C24H24N6O6S2/c1-13-14(2)37-24-21(13)23(33)27-19(28-24)11-20(31)29-30-22(32)15-7-8-17(36-3)18(10-15)38(34,35)26-12-16-6-4-5-9-25-16/h4-10,26H,11-12H2,1-3H3,(H,29,31)(H,30,32)(H,27,28,33). The van der Waals surface area contributed by atoms with Gasteiger partial charge in [0.2, 0.25) is 15.9 Å². The van der Waals surface area contributed by atoms with Crippen molar-refractivity contribution < 1.29 is 22.7 Å². The number of rotatable bonds is 8. The number of hydrogen-bond acceptors (Lipinski definition) is 9. The van der Waals surface area contributed by atoms with Crippen molar-refractivity contribution in [1.82, 2.24) is 30.5 Å². The first-order valence-electron chi connectivity index (χ1n) is 11.2. The molecule has 0 aliphatic heterocycles. The Labute approximate surface area is 221 Å². The zero-order valence-electron chi connectivity index (χ0n) is 20.6. The second-order valence-electron chi connectivity index (χ2n) is 8.17. The Balaban J connectivity index is 1.43. The van der Waals surface area contributed by atoms with Crippen molar-refractivity contribution in [3.05, 3.63) is 80.5 Å². The van der Waals surface area contributed by atoms with Crippen LogP contribution in [-0.4, -0.2) is 42.3 Å². The number of aryl methyl sites for hydroxylation is 2. The molecule has 4 N–H and O–H groups in total. The first-order valence-corrected chi connectivity index (χ1v) is 13.5. The van der Waals surface area contributed by atoms with Crippen molar-refractivity contribution >= 4 is 43.4 Å². The summed E-state index contributed by atoms with van der Waals surface area (Å²) in [4.78, 5) is 49.7. The molecule has 0 spiro atoms. The third-order valence-electron chi connectivity index (χ3n) is 5.62. The molecule has 0 atom stereocenters. The number of carbonyl (C=O) groups excluding carboxylic acids is 2. The maximum Gasteiger partial charge on any atom is 0.269 e. The van der Waals surface area contributed by atoms with Crippen molar-refractivity contribution in [2.75, 3.05) is 7.11 Å². The van der Waals surface area contributed by atoms with Crippen molar-refractivity contribution in [1.29, 1.82) is 0 Å². The van der Waals surface area contributed by atoms with E-state index in [1.807, 2.05) is 13.8 Å². The van der Waals surface area contributed by atoms with E-state index < -0.39 is 21.8 Å². The zero-order chi connectivity index (χ0) is 27.4. The fourth-order valence-corrected chi connectivity index (χ4v) is 5.80. The van der Waals surface area contributed by atoms with Gasteiger partial charge >= 0.3 is 0 Å². The lowest BCUT2D eigenvalue weighted by molar-refractivity contribution is -0.121. The van der Waals surface area contributed by atoms with E-state index in [2.05, 4.69) is 30.5 Å². The predicted octanol–water partition coefficient (Wildman–Crippen LogP) is 1.49. The van der Waals surface area contributed by atoms with Crippen molar-refractivity contribution in [3.63, 3.8) is 0 Å². The highest BCUT2D eigenvalue weighted by Crippen LogP contribution is 2.26. The van der Waals surface area contributed by atoms with Gasteiger partial charge < -0.3 is 9.72 Å². The van der Waals surface area contributed by atoms with Gasteiger partial charge in [-0.25, -0.2) is 18.1 Å². The van der Waals surface area contributed by atoms with Crippen LogP contribution in [-0.2, 0) is 27.8 Å². The number of aromatic amines is 1. The van der Waals surface area contributed by atoms with Crippen LogP contribution in [0.1, 0.15) is 32.3 Å². The van der Waals surface area contributed by atoms with Crippen LogP contribution in [0.3, 0.4) is 0 Å². The third kappa shape index (κ3) is 5.88. The number of aromatic nitrogens is 3. The zero-order valence-corrected chi connectivity index (χ0v) is 22.2. The number of pyridine rings is 1. The van der Waals surface area contributed by atoms with E-state index in [1.54, 1.807) is 24.4 Å². The Morgan fingerprint density at radius 1 is 1.13 bits per heavy atom. The van der Waals surface area contributed by atoms with Gasteiger partial charge in [-0.15, -0.1) is 11.3 Å². The molecule has 0 bridgehead atoms. The molecule has 0 aliphatic carbocycles. The molecular formula is C24H24N6O6S2. The van der Waals surface area contributed by atoms with Crippen LogP contribution < -0.4 is 25.9 Å². The highest BCUT2D eigenvalue weighted by atomic mass is 32.2. The van der Waals surface area contributed by atoms with Crippen molar-refractivity contribution in [2.24, 2.45) is 0 Å². The van der Waals surface area contributed by atoms with Gasteiger partial charge in [0.25, 0.3) is 11.5 Å². The van der Waals surface area contributed by atoms with Gasteiger partial charge in [0, 0.05) is 16.6 Å². The maximum absolute atomic E-state index is 12.9. The van der Waals surface area contributed by atoms with E-state index >= 15 is 0 Å². The summed E-state index contributed by atoms with van der Waals surface area (Å²) in [5, 5.41) is 0.491. The summed E-state index contributed by atoms with van der Waals surface area (Å²) in [6, 6.07) is 8.93. The van der Waals surface area contributed by atoms with E-state index in [1.165, 1.54) is 30.6 Å². The quantitative estimate of drug-likeness (QED) is 0.236. The number of H-pyrrole nitrogens is 1. The van der Waals surface area contributed by atoms with Crippen molar-refractivity contribution in [3.8, 4) is 5.75 Å². The number of amides is 2. The first kappa shape index (κ1) is 26.9. The normalized spacial score (nSPS) is 11.3. The average molecular weight is 557 g/mol. The molecule has 4 aromatic rings. The van der Waals surface area contributed by atoms with Crippen LogP contribution in [0.15, 0.2) is 52.3 Å². The number of hydrazine groups is 1. The SMILES string of the molecule is COc1ccc(C(=O)NNC(=O)Cc2nc3sc(C)c(C)c3c(=O)[nH]2)cc1S(=O)(=O)NCc1ccccn1. The van der Waals surface area contributed by atoms with E-state index in [0.29, 0.717) is 15.9 Å². The summed E-state index contributed by atoms with van der Waals surface area (Å²) in [5.41, 5.74) is 5.45. The number of ether oxygens (including phenoxy) is 1. The summed E-state index contributed by atoms with van der Waals surface area (Å²) >= 11 is 1.36. The Morgan fingerprint density at radius 2 is 1.92 bits per heavy atom. The molecule has 2 amide bonds. The van der Waals surface area contributed by atoms with Gasteiger partial charge in [-0.05, 0) is 49.7 Å². The molecule has 0 unspecified atom stereocenters. The minimum Gasteiger partial charge on any atom is -0.495 e. The Bertz CT molecular complexity index is 1680. The van der Waals surface area contributed by atoms with E-state index in [0.717, 1.165) is 16.5 Å². The molecule has 198 valence electrons. The third-order valence-corrected chi connectivity index (χ3v) is 8.14. The monoisotopic (exact) mass is 556 g/mol. The van der Waals surface area contributed by atoms with Gasteiger partial charge in [0.15, 0.2) is 0 Å². The summed E-state index contributed by atoms with van der Waals surface area (Å²) in [6.45, 7) is 3.65. The molecule has 14 heteroatoms. The summed E-state index contributed by atoms with van der Waals surface area (Å²) < 4.78 is 33.4.